The Morgan fingerprint density at radius 3 is 2.65 bits per heavy atom. The number of nitrogens with zero attached hydrogens (tertiary/aromatic N) is 2. The average Bonchev–Trinajstić information content (AvgIpc) is 2.99. The lowest BCUT2D eigenvalue weighted by atomic mass is 9.95. The molecule has 0 bridgehead atoms. The van der Waals surface area contributed by atoms with Crippen molar-refractivity contribution in [3.05, 3.63) is 40.8 Å². The van der Waals surface area contributed by atoms with Crippen LogP contribution in [-0.2, 0) is 14.4 Å². The number of amides is 1. The topological polar surface area (TPSA) is 146 Å². The number of nitrogens with two attached hydrogens (primary N) is 1. The minimum atomic E-state index is -0.786. The number of benzene rings is 1. The van der Waals surface area contributed by atoms with Gasteiger partial charge in [-0.05, 0) is 52.3 Å². The first-order valence-corrected chi connectivity index (χ1v) is 9.61. The first-order chi connectivity index (χ1) is 14.5. The summed E-state index contributed by atoms with van der Waals surface area (Å²) in [6, 6.07) is 3.70. The number of amidine groups is 1. The van der Waals surface area contributed by atoms with E-state index >= 15 is 0 Å². The smallest absolute Gasteiger partial charge is 0.365 e. The monoisotopic (exact) mass is 428 g/mol. The van der Waals surface area contributed by atoms with Gasteiger partial charge in [-0.1, -0.05) is 16.4 Å². The minimum absolute atomic E-state index is 0.0792. The molecule has 0 saturated carbocycles. The van der Waals surface area contributed by atoms with Crippen LogP contribution in [0.4, 0.5) is 0 Å². The molecular formula is C21H24N4O6. The van der Waals surface area contributed by atoms with E-state index in [9.17, 15) is 14.4 Å². The van der Waals surface area contributed by atoms with Crippen LogP contribution in [0.3, 0.4) is 0 Å². The number of rotatable bonds is 4. The van der Waals surface area contributed by atoms with Crippen LogP contribution in [0.1, 0.15) is 72.3 Å². The first kappa shape index (κ1) is 22.0. The van der Waals surface area contributed by atoms with Crippen LogP contribution < -0.4 is 11.1 Å². The third-order valence-corrected chi connectivity index (χ3v) is 4.34. The van der Waals surface area contributed by atoms with E-state index in [0.717, 1.165) is 0 Å². The normalized spacial score (nSPS) is 16.0. The van der Waals surface area contributed by atoms with Crippen LogP contribution in [0.25, 0.3) is 11.1 Å². The molecule has 0 radical (unpaired) electrons. The Morgan fingerprint density at radius 1 is 1.29 bits per heavy atom. The van der Waals surface area contributed by atoms with Gasteiger partial charge in [-0.25, -0.2) is 4.79 Å². The summed E-state index contributed by atoms with van der Waals surface area (Å²) in [6.07, 6.45) is -0.141. The zero-order chi connectivity index (χ0) is 22.9. The molecule has 31 heavy (non-hydrogen) atoms. The Morgan fingerprint density at radius 2 is 2.00 bits per heavy atom. The maximum Gasteiger partial charge on any atom is 0.365 e. The molecule has 2 heterocycles. The van der Waals surface area contributed by atoms with E-state index in [1.54, 1.807) is 33.8 Å². The number of carbonyl (C=O) groups excluding carboxylic acids is 3. The summed E-state index contributed by atoms with van der Waals surface area (Å²) in [5, 5.41) is 10.2. The Hall–Kier alpha value is -3.69. The van der Waals surface area contributed by atoms with E-state index in [0.29, 0.717) is 22.6 Å². The van der Waals surface area contributed by atoms with Crippen molar-refractivity contribution in [1.29, 1.82) is 0 Å². The molecule has 10 nitrogen and oxygen atoms in total. The van der Waals surface area contributed by atoms with Crippen molar-refractivity contribution in [2.24, 2.45) is 10.9 Å². The van der Waals surface area contributed by atoms with Gasteiger partial charge in [0.05, 0.1) is 23.2 Å². The van der Waals surface area contributed by atoms with Gasteiger partial charge in [0.15, 0.2) is 5.76 Å². The van der Waals surface area contributed by atoms with Gasteiger partial charge >= 0.3 is 11.9 Å². The molecule has 1 atom stereocenters. The molecule has 1 aromatic heterocycles. The fraction of sp³-hybridized carbons (Fsp3) is 0.381. The third-order valence-electron chi connectivity index (χ3n) is 4.34. The summed E-state index contributed by atoms with van der Waals surface area (Å²) in [5.41, 5.74) is 6.67. The number of nitrogens with one attached hydrogen (secondary N) is 1. The number of aryl methyl sites for hydroxylation is 1. The molecule has 0 aliphatic carbocycles. The summed E-state index contributed by atoms with van der Waals surface area (Å²) >= 11 is 0. The Bertz CT molecular complexity index is 1080. The second kappa shape index (κ2) is 8.21. The number of hydrogen-bond donors (Lipinski definition) is 2. The lowest BCUT2D eigenvalue weighted by molar-refractivity contribution is -0.155. The number of hydrogen-bond acceptors (Lipinski definition) is 8. The summed E-state index contributed by atoms with van der Waals surface area (Å²) < 4.78 is 10.8. The van der Waals surface area contributed by atoms with Gasteiger partial charge in [-0.15, -0.1) is 0 Å². The molecule has 3 rings (SSSR count). The Kier molecular flexibility index (Phi) is 5.83. The standard InChI is InChI=1S/C21H24N4O6/c1-10-17-13-7-6-12(20(28)31-25-11(2)22)8-14(13)19(27)23-15(18(17)30-24-10)9-16(26)29-21(3,4)5/h6-8,15H,9H2,1-5H3,(H2,22,25)(H,23,27)/t15-/m0/s1. The number of oxime groups is 1. The van der Waals surface area contributed by atoms with Gasteiger partial charge in [0, 0.05) is 5.56 Å². The van der Waals surface area contributed by atoms with Crippen molar-refractivity contribution in [2.45, 2.75) is 52.7 Å². The number of carbonyl (C=O) groups is 3. The molecule has 3 N–H and O–H groups in total. The van der Waals surface area contributed by atoms with Crippen molar-refractivity contribution in [2.75, 3.05) is 0 Å². The molecule has 1 aromatic carbocycles. The van der Waals surface area contributed by atoms with E-state index in [1.165, 1.54) is 19.1 Å². The molecule has 10 heteroatoms. The van der Waals surface area contributed by atoms with Crippen molar-refractivity contribution in [3.8, 4) is 11.1 Å². The van der Waals surface area contributed by atoms with Crippen molar-refractivity contribution >= 4 is 23.7 Å². The SMILES string of the molecule is CC(N)=NOC(=O)c1ccc2c(c1)C(=O)N[C@@H](CC(=O)OC(C)(C)C)c1onc(C)c1-2. The highest BCUT2D eigenvalue weighted by molar-refractivity contribution is 6.05. The second-order valence-corrected chi connectivity index (χ2v) is 8.20. The largest absolute Gasteiger partial charge is 0.460 e. The summed E-state index contributed by atoms with van der Waals surface area (Å²) in [4.78, 5) is 42.3. The molecule has 0 fully saturated rings. The van der Waals surface area contributed by atoms with E-state index < -0.39 is 29.5 Å². The summed E-state index contributed by atoms with van der Waals surface area (Å²) in [7, 11) is 0. The minimum Gasteiger partial charge on any atom is -0.460 e. The van der Waals surface area contributed by atoms with Crippen molar-refractivity contribution in [1.82, 2.24) is 10.5 Å². The first-order valence-electron chi connectivity index (χ1n) is 9.61. The van der Waals surface area contributed by atoms with Gasteiger partial charge < -0.3 is 25.1 Å². The molecule has 1 amide bonds. The van der Waals surface area contributed by atoms with Gasteiger partial charge in [-0.2, -0.15) is 0 Å². The lowest BCUT2D eigenvalue weighted by Crippen LogP contribution is -2.31. The molecule has 0 saturated heterocycles. The Balaban J connectivity index is 1.98. The highest BCUT2D eigenvalue weighted by atomic mass is 16.7. The van der Waals surface area contributed by atoms with E-state index in [4.69, 9.17) is 19.8 Å². The molecule has 0 spiro atoms. The number of ether oxygens (including phenoxy) is 1. The third kappa shape index (κ3) is 4.90. The average molecular weight is 428 g/mol. The summed E-state index contributed by atoms with van der Waals surface area (Å²) in [5.74, 6) is -1.33. The molecule has 2 aromatic rings. The fourth-order valence-corrected chi connectivity index (χ4v) is 3.19. The predicted molar refractivity (Wildman–Crippen MR) is 110 cm³/mol. The van der Waals surface area contributed by atoms with E-state index in [2.05, 4.69) is 15.6 Å². The Labute approximate surface area is 178 Å². The van der Waals surface area contributed by atoms with Crippen molar-refractivity contribution < 1.29 is 28.5 Å². The fourth-order valence-electron chi connectivity index (χ4n) is 3.19. The van der Waals surface area contributed by atoms with Gasteiger partial charge in [0.2, 0.25) is 0 Å². The van der Waals surface area contributed by atoms with Crippen LogP contribution in [0.2, 0.25) is 0 Å². The quantitative estimate of drug-likeness (QED) is 0.248. The van der Waals surface area contributed by atoms with Gasteiger partial charge in [-0.3, -0.25) is 9.59 Å². The van der Waals surface area contributed by atoms with Crippen LogP contribution in [0.15, 0.2) is 27.9 Å². The van der Waals surface area contributed by atoms with Gasteiger partial charge in [0.1, 0.15) is 17.5 Å². The zero-order valence-electron chi connectivity index (χ0n) is 17.9. The molecule has 1 aliphatic heterocycles. The van der Waals surface area contributed by atoms with E-state index in [-0.39, 0.29) is 23.4 Å². The van der Waals surface area contributed by atoms with Crippen LogP contribution in [0.5, 0.6) is 0 Å². The maximum absolute atomic E-state index is 13.0. The highest BCUT2D eigenvalue weighted by Gasteiger charge is 2.34. The van der Waals surface area contributed by atoms with Gasteiger partial charge in [0.25, 0.3) is 5.91 Å². The summed E-state index contributed by atoms with van der Waals surface area (Å²) in [6.45, 7) is 8.47. The van der Waals surface area contributed by atoms with E-state index in [1.807, 2.05) is 0 Å². The zero-order valence-corrected chi connectivity index (χ0v) is 17.9. The van der Waals surface area contributed by atoms with Crippen LogP contribution >= 0.6 is 0 Å². The molecular weight excluding hydrogens is 404 g/mol. The van der Waals surface area contributed by atoms with Crippen LogP contribution in [0, 0.1) is 6.92 Å². The molecule has 0 unspecified atom stereocenters. The highest BCUT2D eigenvalue weighted by Crippen LogP contribution is 2.38. The molecule has 1 aliphatic rings. The predicted octanol–water partition coefficient (Wildman–Crippen LogP) is 2.62. The number of fused-ring (bicyclic) bond motifs is 3. The lowest BCUT2D eigenvalue weighted by Gasteiger charge is -2.21. The molecule has 164 valence electrons. The van der Waals surface area contributed by atoms with Crippen LogP contribution in [-0.4, -0.2) is 34.4 Å². The number of esters is 1. The van der Waals surface area contributed by atoms with Crippen molar-refractivity contribution in [3.63, 3.8) is 0 Å². The maximum atomic E-state index is 13.0. The number of aromatic nitrogens is 1. The second-order valence-electron chi connectivity index (χ2n) is 8.20.